The lowest BCUT2D eigenvalue weighted by molar-refractivity contribution is -0.147. The van der Waals surface area contributed by atoms with E-state index >= 15 is 0 Å². The third-order valence-corrected chi connectivity index (χ3v) is 3.89. The first-order valence-electron chi connectivity index (χ1n) is 5.64. The summed E-state index contributed by atoms with van der Waals surface area (Å²) in [4.78, 5) is 16.9. The van der Waals surface area contributed by atoms with E-state index in [1.54, 1.807) is 4.90 Å². The molecule has 0 N–H and O–H groups in total. The molecule has 106 valence electrons. The van der Waals surface area contributed by atoms with Crippen molar-refractivity contribution < 1.29 is 18.0 Å². The van der Waals surface area contributed by atoms with Crippen LogP contribution in [0, 0.1) is 0 Å². The Hall–Kier alpha value is -1.97. The van der Waals surface area contributed by atoms with Crippen LogP contribution in [0.3, 0.4) is 0 Å². The zero-order valence-electron chi connectivity index (χ0n) is 9.96. The van der Waals surface area contributed by atoms with Crippen LogP contribution in [0.25, 0.3) is 0 Å². The zero-order chi connectivity index (χ0) is 14.3. The van der Waals surface area contributed by atoms with Crippen molar-refractivity contribution in [1.29, 1.82) is 0 Å². The molecule has 0 radical (unpaired) electrons. The van der Waals surface area contributed by atoms with E-state index in [1.807, 2.05) is 0 Å². The van der Waals surface area contributed by atoms with Gasteiger partial charge in [0.25, 0.3) is 0 Å². The molecule has 0 spiro atoms. The molecule has 0 aliphatic carbocycles. The lowest BCUT2D eigenvalue weighted by atomic mass is 10.3. The van der Waals surface area contributed by atoms with Gasteiger partial charge >= 0.3 is 6.18 Å². The number of hydrogen-bond acceptors (Lipinski definition) is 6. The minimum absolute atomic E-state index is 0.132. The Morgan fingerprint density at radius 3 is 2.75 bits per heavy atom. The third kappa shape index (κ3) is 2.15. The number of thiazole rings is 1. The van der Waals surface area contributed by atoms with Crippen molar-refractivity contribution in [2.24, 2.45) is 0 Å². The number of carbonyl (C=O) groups is 1. The van der Waals surface area contributed by atoms with Gasteiger partial charge in [-0.25, -0.2) is 4.98 Å². The number of rotatable bonds is 2. The summed E-state index contributed by atoms with van der Waals surface area (Å²) in [6, 6.07) is 0. The van der Waals surface area contributed by atoms with Crippen molar-refractivity contribution in [3.05, 3.63) is 22.7 Å². The van der Waals surface area contributed by atoms with Gasteiger partial charge in [0.2, 0.25) is 5.82 Å². The lowest BCUT2D eigenvalue weighted by Gasteiger charge is -2.27. The molecule has 6 nitrogen and oxygen atoms in total. The van der Waals surface area contributed by atoms with Crippen molar-refractivity contribution in [3.63, 3.8) is 0 Å². The second kappa shape index (κ2) is 4.54. The Bertz CT molecular complexity index is 650. The largest absolute Gasteiger partial charge is 0.451 e. The van der Waals surface area contributed by atoms with Gasteiger partial charge in [0.15, 0.2) is 17.2 Å². The van der Waals surface area contributed by atoms with Crippen LogP contribution in [0.5, 0.6) is 0 Å². The molecule has 1 aliphatic heterocycles. The summed E-state index contributed by atoms with van der Waals surface area (Å²) < 4.78 is 39.2. The first-order valence-corrected chi connectivity index (χ1v) is 6.46. The SMILES string of the molecule is O=Cc1cnc(N2CCn3c(nnc3C(F)(F)F)C2)s1. The van der Waals surface area contributed by atoms with E-state index in [0.717, 1.165) is 4.57 Å². The Labute approximate surface area is 114 Å². The van der Waals surface area contributed by atoms with Crippen LogP contribution in [0.1, 0.15) is 21.3 Å². The molecule has 1 aliphatic rings. The van der Waals surface area contributed by atoms with Crippen LogP contribution >= 0.6 is 11.3 Å². The number of nitrogens with zero attached hydrogens (tertiary/aromatic N) is 5. The molecule has 2 aromatic rings. The predicted molar refractivity (Wildman–Crippen MR) is 63.6 cm³/mol. The van der Waals surface area contributed by atoms with Crippen molar-refractivity contribution >= 4 is 22.8 Å². The number of aldehydes is 1. The van der Waals surface area contributed by atoms with Crippen molar-refractivity contribution in [3.8, 4) is 0 Å². The van der Waals surface area contributed by atoms with E-state index < -0.39 is 12.0 Å². The van der Waals surface area contributed by atoms with E-state index in [4.69, 9.17) is 0 Å². The van der Waals surface area contributed by atoms with Gasteiger partial charge in [0.05, 0.1) is 17.6 Å². The van der Waals surface area contributed by atoms with Crippen LogP contribution < -0.4 is 4.90 Å². The maximum Gasteiger partial charge on any atom is 0.451 e. The average molecular weight is 303 g/mol. The van der Waals surface area contributed by atoms with E-state index in [-0.39, 0.29) is 18.9 Å². The summed E-state index contributed by atoms with van der Waals surface area (Å²) >= 11 is 1.19. The second-order valence-electron chi connectivity index (χ2n) is 4.17. The van der Waals surface area contributed by atoms with Crippen LogP contribution in [0.2, 0.25) is 0 Å². The molecule has 10 heteroatoms. The van der Waals surface area contributed by atoms with Gasteiger partial charge < -0.3 is 9.47 Å². The Morgan fingerprint density at radius 1 is 1.30 bits per heavy atom. The fraction of sp³-hybridized carbons (Fsp3) is 0.400. The summed E-state index contributed by atoms with van der Waals surface area (Å²) in [5.41, 5.74) is 0. The molecule has 3 heterocycles. The van der Waals surface area contributed by atoms with Crippen molar-refractivity contribution in [2.45, 2.75) is 19.3 Å². The van der Waals surface area contributed by atoms with E-state index in [1.165, 1.54) is 17.5 Å². The molecule has 0 fully saturated rings. The van der Waals surface area contributed by atoms with Crippen molar-refractivity contribution in [2.75, 3.05) is 11.4 Å². The van der Waals surface area contributed by atoms with Gasteiger partial charge in [0, 0.05) is 13.1 Å². The molecule has 0 atom stereocenters. The number of halogens is 3. The number of anilines is 1. The van der Waals surface area contributed by atoms with E-state index in [9.17, 15) is 18.0 Å². The quantitative estimate of drug-likeness (QED) is 0.788. The zero-order valence-corrected chi connectivity index (χ0v) is 10.8. The minimum Gasteiger partial charge on any atom is -0.339 e. The molecular formula is C10H8F3N5OS. The molecule has 0 aromatic carbocycles. The highest BCUT2D eigenvalue weighted by molar-refractivity contribution is 7.17. The minimum atomic E-state index is -4.50. The second-order valence-corrected chi connectivity index (χ2v) is 5.21. The van der Waals surface area contributed by atoms with E-state index in [2.05, 4.69) is 15.2 Å². The topological polar surface area (TPSA) is 63.9 Å². The summed E-state index contributed by atoms with van der Waals surface area (Å²) in [6.45, 7) is 0.683. The molecule has 2 aromatic heterocycles. The number of alkyl halides is 3. The maximum atomic E-state index is 12.7. The van der Waals surface area contributed by atoms with Crippen LogP contribution in [-0.4, -0.2) is 32.6 Å². The van der Waals surface area contributed by atoms with Crippen LogP contribution in [-0.2, 0) is 19.3 Å². The number of aromatic nitrogens is 4. The summed E-state index contributed by atoms with van der Waals surface area (Å²) in [5.74, 6) is -0.730. The first kappa shape index (κ1) is 13.0. The normalized spacial score (nSPS) is 15.2. The number of fused-ring (bicyclic) bond motifs is 1. The monoisotopic (exact) mass is 303 g/mol. The van der Waals surface area contributed by atoms with Crippen LogP contribution in [0.15, 0.2) is 6.20 Å². The predicted octanol–water partition coefficient (Wildman–Crippen LogP) is 1.59. The summed E-state index contributed by atoms with van der Waals surface area (Å²) in [6.07, 6.45) is -2.37. The summed E-state index contributed by atoms with van der Waals surface area (Å²) in [7, 11) is 0. The standard InChI is InChI=1S/C10H8F3N5OS/c11-10(12,13)8-16-15-7-4-17(1-2-18(7)8)9-14-3-6(5-19)20-9/h3,5H,1-2,4H2. The Kier molecular flexibility index (Phi) is 2.96. The van der Waals surface area contributed by atoms with Gasteiger partial charge in [-0.2, -0.15) is 13.2 Å². The smallest absolute Gasteiger partial charge is 0.339 e. The van der Waals surface area contributed by atoms with Crippen LogP contribution in [0.4, 0.5) is 18.3 Å². The molecule has 3 rings (SSSR count). The van der Waals surface area contributed by atoms with Gasteiger partial charge in [-0.15, -0.1) is 10.2 Å². The highest BCUT2D eigenvalue weighted by Gasteiger charge is 2.39. The van der Waals surface area contributed by atoms with Gasteiger partial charge in [-0.05, 0) is 0 Å². The number of carbonyl (C=O) groups excluding carboxylic acids is 1. The number of hydrogen-bond donors (Lipinski definition) is 0. The maximum absolute atomic E-state index is 12.7. The molecule has 0 amide bonds. The molecular weight excluding hydrogens is 295 g/mol. The third-order valence-electron chi connectivity index (χ3n) is 2.90. The molecule has 0 saturated heterocycles. The van der Waals surface area contributed by atoms with Crippen molar-refractivity contribution in [1.82, 2.24) is 19.7 Å². The van der Waals surface area contributed by atoms with Gasteiger partial charge in [0.1, 0.15) is 0 Å². The fourth-order valence-electron chi connectivity index (χ4n) is 2.01. The Morgan fingerprint density at radius 2 is 2.10 bits per heavy atom. The molecule has 0 bridgehead atoms. The van der Waals surface area contributed by atoms with E-state index in [0.29, 0.717) is 22.8 Å². The highest BCUT2D eigenvalue weighted by atomic mass is 32.1. The summed E-state index contributed by atoms with van der Waals surface area (Å²) in [5, 5.41) is 7.38. The molecule has 0 unspecified atom stereocenters. The first-order chi connectivity index (χ1) is 9.49. The molecule has 20 heavy (non-hydrogen) atoms. The highest BCUT2D eigenvalue weighted by Crippen LogP contribution is 2.31. The van der Waals surface area contributed by atoms with Gasteiger partial charge in [-0.1, -0.05) is 11.3 Å². The lowest BCUT2D eigenvalue weighted by Crippen LogP contribution is -2.35. The fourth-order valence-corrected chi connectivity index (χ4v) is 2.76. The molecule has 0 saturated carbocycles. The average Bonchev–Trinajstić information content (AvgIpc) is 3.03. The Balaban J connectivity index is 1.86. The van der Waals surface area contributed by atoms with Gasteiger partial charge in [-0.3, -0.25) is 4.79 Å².